The molecule has 0 amide bonds. The number of nitrogens with zero attached hydrogens (tertiary/aromatic N) is 1. The zero-order valence-corrected chi connectivity index (χ0v) is 8.95. The quantitative estimate of drug-likeness (QED) is 0.659. The van der Waals surface area contributed by atoms with Gasteiger partial charge in [0.2, 0.25) is 0 Å². The highest BCUT2D eigenvalue weighted by Crippen LogP contribution is 2.10. The minimum absolute atomic E-state index is 0.00354. The Morgan fingerprint density at radius 3 is 2.50 bits per heavy atom. The molecule has 1 aliphatic heterocycles. The Labute approximate surface area is 86.7 Å². The van der Waals surface area contributed by atoms with Crippen LogP contribution in [0.25, 0.3) is 0 Å². The third-order valence-corrected chi connectivity index (χ3v) is 2.85. The molecule has 14 heavy (non-hydrogen) atoms. The maximum atomic E-state index is 10.2. The summed E-state index contributed by atoms with van der Waals surface area (Å²) < 4.78 is 0. The van der Waals surface area contributed by atoms with Crippen LogP contribution in [-0.4, -0.2) is 42.4 Å². The average molecular weight is 200 g/mol. The highest BCUT2D eigenvalue weighted by molar-refractivity contribution is 4.68. The Balaban J connectivity index is 2.03. The largest absolute Gasteiger partial charge is 0.392 e. The number of hydrogen-bond acceptors (Lipinski definition) is 2. The lowest BCUT2D eigenvalue weighted by molar-refractivity contribution is 0.0897. The van der Waals surface area contributed by atoms with Gasteiger partial charge >= 0.3 is 0 Å². The van der Waals surface area contributed by atoms with Gasteiger partial charge < -0.3 is 10.0 Å². The van der Waals surface area contributed by atoms with E-state index in [4.69, 9.17) is 0 Å². The molecule has 1 fully saturated rings. The van der Waals surface area contributed by atoms with E-state index in [1.165, 1.54) is 19.3 Å². The lowest BCUT2D eigenvalue weighted by atomic mass is 10.1. The van der Waals surface area contributed by atoms with E-state index in [2.05, 4.69) is 4.90 Å². The molecule has 0 aromatic heterocycles. The minimum Gasteiger partial charge on any atom is -0.392 e. The molecule has 1 unspecified atom stereocenters. The number of piperidine rings is 1. The zero-order chi connectivity index (χ0) is 10.2. The summed E-state index contributed by atoms with van der Waals surface area (Å²) in [6.45, 7) is 3.08. The predicted molar refractivity (Wildman–Crippen MR) is 55.7 cm³/mol. The molecule has 83 valence electrons. The third kappa shape index (κ3) is 4.94. The van der Waals surface area contributed by atoms with Crippen LogP contribution in [0.1, 0.15) is 38.5 Å². The van der Waals surface area contributed by atoms with Crippen LogP contribution in [0.15, 0.2) is 0 Å². The summed E-state index contributed by atoms with van der Waals surface area (Å²) in [5.74, 6) is 0. The van der Waals surface area contributed by atoms with E-state index in [9.17, 15) is 10.2 Å². The van der Waals surface area contributed by atoms with Crippen LogP contribution in [0.5, 0.6) is 0 Å². The van der Waals surface area contributed by atoms with Crippen LogP contribution in [-0.2, 0) is 5.11 Å². The van der Waals surface area contributed by atoms with Gasteiger partial charge in [0.05, 0.1) is 12.7 Å². The van der Waals surface area contributed by atoms with Gasteiger partial charge in [0.25, 0.3) is 0 Å². The molecule has 3 nitrogen and oxygen atoms in total. The molecule has 1 atom stereocenters. The first-order chi connectivity index (χ1) is 6.83. The van der Waals surface area contributed by atoms with Crippen molar-refractivity contribution in [1.82, 2.24) is 4.90 Å². The van der Waals surface area contributed by atoms with Gasteiger partial charge in [-0.25, -0.2) is 5.11 Å². The number of hydrogen-bond donors (Lipinski definition) is 1. The summed E-state index contributed by atoms with van der Waals surface area (Å²) in [7, 11) is 0. The van der Waals surface area contributed by atoms with Crippen molar-refractivity contribution in [3.63, 3.8) is 0 Å². The van der Waals surface area contributed by atoms with Crippen molar-refractivity contribution in [3.05, 3.63) is 0 Å². The summed E-state index contributed by atoms with van der Waals surface area (Å²) in [6, 6.07) is 0. The van der Waals surface area contributed by atoms with Gasteiger partial charge in [-0.2, -0.15) is 0 Å². The Morgan fingerprint density at radius 1 is 1.14 bits per heavy atom. The second kappa shape index (κ2) is 7.21. The van der Waals surface area contributed by atoms with Gasteiger partial charge in [0.15, 0.2) is 0 Å². The molecule has 0 aromatic carbocycles. The van der Waals surface area contributed by atoms with Crippen LogP contribution in [0.4, 0.5) is 0 Å². The molecule has 1 N–H and O–H groups in total. The van der Waals surface area contributed by atoms with E-state index in [-0.39, 0.29) is 12.7 Å². The summed E-state index contributed by atoms with van der Waals surface area (Å²) in [5.41, 5.74) is 0. The third-order valence-electron chi connectivity index (χ3n) is 2.85. The van der Waals surface area contributed by atoms with Crippen molar-refractivity contribution < 1.29 is 10.2 Å². The molecule has 1 aliphatic rings. The highest BCUT2D eigenvalue weighted by Gasteiger charge is 2.13. The smallest absolute Gasteiger partial charge is 0.0822 e. The minimum atomic E-state index is -0.223. The maximum Gasteiger partial charge on any atom is 0.0822 e. The number of β-amino-alcohol motifs (C(OH)–C–C–N with tert-alkyl or cyclic N) is 1. The molecule has 1 saturated heterocycles. The lowest BCUT2D eigenvalue weighted by Crippen LogP contribution is -2.36. The molecule has 1 radical (unpaired) electrons. The van der Waals surface area contributed by atoms with Gasteiger partial charge in [-0.3, -0.25) is 0 Å². The van der Waals surface area contributed by atoms with Crippen LogP contribution < -0.4 is 0 Å². The van der Waals surface area contributed by atoms with Crippen LogP contribution >= 0.6 is 0 Å². The standard InChI is InChI=1S/C11H22NO2/c13-9-5-2-6-11(14)10-12-7-3-1-4-8-12/h11,14H,1-10H2. The van der Waals surface area contributed by atoms with Crippen LogP contribution in [0.2, 0.25) is 0 Å². The van der Waals surface area contributed by atoms with Crippen molar-refractivity contribution in [3.8, 4) is 0 Å². The van der Waals surface area contributed by atoms with E-state index in [1.807, 2.05) is 0 Å². The molecule has 3 heteroatoms. The van der Waals surface area contributed by atoms with Gasteiger partial charge in [0.1, 0.15) is 0 Å². The van der Waals surface area contributed by atoms with Crippen molar-refractivity contribution in [2.45, 2.75) is 44.6 Å². The van der Waals surface area contributed by atoms with Crippen molar-refractivity contribution in [2.75, 3.05) is 26.2 Å². The molecular weight excluding hydrogens is 178 g/mol. The van der Waals surface area contributed by atoms with E-state index in [0.29, 0.717) is 6.42 Å². The van der Waals surface area contributed by atoms with E-state index < -0.39 is 0 Å². The van der Waals surface area contributed by atoms with E-state index in [0.717, 1.165) is 32.5 Å². The first-order valence-corrected chi connectivity index (χ1v) is 5.81. The summed E-state index contributed by atoms with van der Waals surface area (Å²) >= 11 is 0. The second-order valence-corrected chi connectivity index (χ2v) is 4.21. The van der Waals surface area contributed by atoms with Crippen molar-refractivity contribution >= 4 is 0 Å². The summed E-state index contributed by atoms with van der Waals surface area (Å²) in [5, 5.41) is 19.9. The Kier molecular flexibility index (Phi) is 6.15. The van der Waals surface area contributed by atoms with Crippen molar-refractivity contribution in [1.29, 1.82) is 0 Å². The second-order valence-electron chi connectivity index (χ2n) is 4.21. The molecule has 0 bridgehead atoms. The maximum absolute atomic E-state index is 10.2. The summed E-state index contributed by atoms with van der Waals surface area (Å²) in [4.78, 5) is 2.34. The predicted octanol–water partition coefficient (Wildman–Crippen LogP) is 1.43. The number of aliphatic hydroxyl groups excluding tert-OH is 1. The van der Waals surface area contributed by atoms with Crippen molar-refractivity contribution in [2.24, 2.45) is 0 Å². The number of unbranched alkanes of at least 4 members (excludes halogenated alkanes) is 1. The first-order valence-electron chi connectivity index (χ1n) is 5.81. The number of aliphatic hydroxyl groups is 1. The normalized spacial score (nSPS) is 21.0. The SMILES string of the molecule is [O]CCCCC(O)CN1CCCCC1. The summed E-state index contributed by atoms with van der Waals surface area (Å²) in [6.07, 6.45) is 6.03. The van der Waals surface area contributed by atoms with Crippen LogP contribution in [0.3, 0.4) is 0 Å². The topological polar surface area (TPSA) is 43.4 Å². The lowest BCUT2D eigenvalue weighted by Gasteiger charge is -2.28. The Hall–Kier alpha value is -0.120. The molecule has 0 spiro atoms. The fraction of sp³-hybridized carbons (Fsp3) is 1.00. The molecule has 0 aliphatic carbocycles. The number of rotatable bonds is 6. The van der Waals surface area contributed by atoms with E-state index >= 15 is 0 Å². The molecule has 0 saturated carbocycles. The highest BCUT2D eigenvalue weighted by atomic mass is 16.3. The fourth-order valence-electron chi connectivity index (χ4n) is 2.01. The average Bonchev–Trinajstić information content (AvgIpc) is 2.20. The van der Waals surface area contributed by atoms with Gasteiger partial charge in [0, 0.05) is 6.54 Å². The van der Waals surface area contributed by atoms with Gasteiger partial charge in [-0.15, -0.1) is 0 Å². The monoisotopic (exact) mass is 200 g/mol. The zero-order valence-electron chi connectivity index (χ0n) is 8.95. The Morgan fingerprint density at radius 2 is 1.86 bits per heavy atom. The van der Waals surface area contributed by atoms with E-state index in [1.54, 1.807) is 0 Å². The van der Waals surface area contributed by atoms with Gasteiger partial charge in [-0.05, 0) is 45.2 Å². The first kappa shape index (κ1) is 12.0. The number of likely N-dealkylation sites (tertiary alicyclic amines) is 1. The molecule has 1 heterocycles. The fourth-order valence-corrected chi connectivity index (χ4v) is 2.01. The molecule has 0 aromatic rings. The van der Waals surface area contributed by atoms with Gasteiger partial charge in [-0.1, -0.05) is 6.42 Å². The Bertz CT molecular complexity index is 135. The molecule has 1 rings (SSSR count). The molecular formula is C11H22NO2. The van der Waals surface area contributed by atoms with Crippen LogP contribution in [0, 0.1) is 0 Å².